The maximum atomic E-state index is 5.97. The molecular formula is C24H29N3O3. The predicted molar refractivity (Wildman–Crippen MR) is 118 cm³/mol. The van der Waals surface area contributed by atoms with Gasteiger partial charge in [0.15, 0.2) is 0 Å². The molecule has 6 nitrogen and oxygen atoms in total. The highest BCUT2D eigenvalue weighted by Crippen LogP contribution is 2.22. The minimum absolute atomic E-state index is 0.234. The first kappa shape index (κ1) is 21.6. The molecule has 1 aromatic heterocycles. The van der Waals surface area contributed by atoms with Crippen molar-refractivity contribution in [3.63, 3.8) is 0 Å². The van der Waals surface area contributed by atoms with Crippen LogP contribution in [0.4, 0.5) is 0 Å². The van der Waals surface area contributed by atoms with Crippen molar-refractivity contribution >= 4 is 6.08 Å². The van der Waals surface area contributed by atoms with Crippen LogP contribution in [0.2, 0.25) is 0 Å². The maximum Gasteiger partial charge on any atom is 0.248 e. The van der Waals surface area contributed by atoms with Crippen molar-refractivity contribution in [3.8, 4) is 23.0 Å². The van der Waals surface area contributed by atoms with E-state index in [0.717, 1.165) is 36.3 Å². The molecule has 158 valence electrons. The van der Waals surface area contributed by atoms with Crippen LogP contribution >= 0.6 is 0 Å². The van der Waals surface area contributed by atoms with E-state index in [1.807, 2.05) is 80.6 Å². The smallest absolute Gasteiger partial charge is 0.248 e. The Morgan fingerprint density at radius 3 is 2.37 bits per heavy atom. The lowest BCUT2D eigenvalue weighted by Crippen LogP contribution is -2.33. The first-order valence-electron chi connectivity index (χ1n) is 10.2. The Labute approximate surface area is 177 Å². The number of unbranched alkanes of at least 4 members (excludes halogenated alkanes) is 1. The second-order valence-corrected chi connectivity index (χ2v) is 7.76. The van der Waals surface area contributed by atoms with E-state index in [0.29, 0.717) is 25.0 Å². The molecule has 0 bridgehead atoms. The normalized spacial score (nSPS) is 11.7. The van der Waals surface area contributed by atoms with Crippen LogP contribution in [0.25, 0.3) is 17.5 Å². The van der Waals surface area contributed by atoms with Gasteiger partial charge in [-0.2, -0.15) is 0 Å². The first-order chi connectivity index (χ1) is 14.5. The molecule has 0 unspecified atom stereocenters. The Kier molecular flexibility index (Phi) is 7.63. The molecule has 0 atom stereocenters. The molecule has 0 fully saturated rings. The van der Waals surface area contributed by atoms with Gasteiger partial charge in [-0.25, -0.2) is 0 Å². The molecule has 0 saturated heterocycles. The highest BCUT2D eigenvalue weighted by molar-refractivity contribution is 5.55. The van der Waals surface area contributed by atoms with Crippen molar-refractivity contribution in [2.24, 2.45) is 5.73 Å². The largest absolute Gasteiger partial charge is 0.494 e. The summed E-state index contributed by atoms with van der Waals surface area (Å²) in [5, 5.41) is 8.19. The highest BCUT2D eigenvalue weighted by Gasteiger charge is 2.11. The Hall–Kier alpha value is -3.12. The standard InChI is InChI=1S/C24H29N3O3/c1-24(2,25)16-18-29-21-14-12-19(13-15-21)23-27-26-22(30-23)11-7-4-8-17-28-20-9-5-3-6-10-20/h3,5-7,9-15H,4,8,16-18,25H2,1-2H3. The topological polar surface area (TPSA) is 83.4 Å². The summed E-state index contributed by atoms with van der Waals surface area (Å²) in [6.07, 6.45) is 6.42. The number of nitrogens with two attached hydrogens (primary N) is 1. The van der Waals surface area contributed by atoms with E-state index in [9.17, 15) is 0 Å². The van der Waals surface area contributed by atoms with Gasteiger partial charge >= 0.3 is 0 Å². The number of ether oxygens (including phenoxy) is 2. The van der Waals surface area contributed by atoms with E-state index in [1.54, 1.807) is 0 Å². The van der Waals surface area contributed by atoms with Crippen molar-refractivity contribution in [1.29, 1.82) is 0 Å². The number of hydrogen-bond acceptors (Lipinski definition) is 6. The molecule has 6 heteroatoms. The molecule has 0 saturated carbocycles. The van der Waals surface area contributed by atoms with Crippen LogP contribution in [0.15, 0.2) is 65.1 Å². The van der Waals surface area contributed by atoms with Gasteiger partial charge in [0, 0.05) is 11.1 Å². The van der Waals surface area contributed by atoms with Crippen LogP contribution in [0.1, 0.15) is 39.0 Å². The van der Waals surface area contributed by atoms with Crippen LogP contribution in [0.3, 0.4) is 0 Å². The zero-order valence-electron chi connectivity index (χ0n) is 17.6. The molecule has 0 aliphatic heterocycles. The number of para-hydroxylation sites is 1. The summed E-state index contributed by atoms with van der Waals surface area (Å²) in [6.45, 7) is 5.22. The van der Waals surface area contributed by atoms with Gasteiger partial charge in [0.2, 0.25) is 11.8 Å². The van der Waals surface area contributed by atoms with E-state index in [2.05, 4.69) is 10.2 Å². The minimum Gasteiger partial charge on any atom is -0.494 e. The van der Waals surface area contributed by atoms with E-state index >= 15 is 0 Å². The monoisotopic (exact) mass is 407 g/mol. The number of benzene rings is 2. The van der Waals surface area contributed by atoms with Crippen LogP contribution in [-0.2, 0) is 0 Å². The molecule has 0 radical (unpaired) electrons. The number of allylic oxidation sites excluding steroid dienone is 1. The molecule has 2 aromatic carbocycles. The van der Waals surface area contributed by atoms with Crippen LogP contribution in [0, 0.1) is 0 Å². The lowest BCUT2D eigenvalue weighted by molar-refractivity contribution is 0.274. The summed E-state index contributed by atoms with van der Waals surface area (Å²) in [6, 6.07) is 17.4. The summed E-state index contributed by atoms with van der Waals surface area (Å²) < 4.78 is 17.1. The third-order valence-electron chi connectivity index (χ3n) is 4.34. The number of aromatic nitrogens is 2. The van der Waals surface area contributed by atoms with E-state index in [1.165, 1.54) is 0 Å². The van der Waals surface area contributed by atoms with Gasteiger partial charge in [0.25, 0.3) is 0 Å². The second-order valence-electron chi connectivity index (χ2n) is 7.76. The fraction of sp³-hybridized carbons (Fsp3) is 0.333. The third-order valence-corrected chi connectivity index (χ3v) is 4.34. The summed E-state index contributed by atoms with van der Waals surface area (Å²) in [5.74, 6) is 2.65. The fourth-order valence-electron chi connectivity index (χ4n) is 2.64. The zero-order valence-corrected chi connectivity index (χ0v) is 17.6. The molecule has 3 rings (SSSR count). The van der Waals surface area contributed by atoms with Crippen molar-refractivity contribution in [2.75, 3.05) is 13.2 Å². The van der Waals surface area contributed by atoms with Gasteiger partial charge in [-0.05, 0) is 75.6 Å². The molecule has 0 spiro atoms. The molecule has 2 N–H and O–H groups in total. The fourth-order valence-corrected chi connectivity index (χ4v) is 2.64. The van der Waals surface area contributed by atoms with E-state index in [-0.39, 0.29) is 5.54 Å². The zero-order chi connectivity index (χ0) is 21.2. The molecule has 0 aliphatic carbocycles. The highest BCUT2D eigenvalue weighted by atomic mass is 16.5. The maximum absolute atomic E-state index is 5.97. The van der Waals surface area contributed by atoms with Gasteiger partial charge in [-0.15, -0.1) is 10.2 Å². The molecule has 0 aliphatic rings. The quantitative estimate of drug-likeness (QED) is 0.444. The van der Waals surface area contributed by atoms with E-state index in [4.69, 9.17) is 19.6 Å². The van der Waals surface area contributed by atoms with Gasteiger partial charge in [-0.3, -0.25) is 0 Å². The molecule has 1 heterocycles. The number of nitrogens with zero attached hydrogens (tertiary/aromatic N) is 2. The molecule has 0 amide bonds. The van der Waals surface area contributed by atoms with Crippen molar-refractivity contribution in [3.05, 3.63) is 66.6 Å². The summed E-state index contributed by atoms with van der Waals surface area (Å²) in [4.78, 5) is 0. The van der Waals surface area contributed by atoms with Crippen molar-refractivity contribution < 1.29 is 13.9 Å². The Morgan fingerprint density at radius 1 is 0.933 bits per heavy atom. The lowest BCUT2D eigenvalue weighted by atomic mass is 10.0. The van der Waals surface area contributed by atoms with Crippen molar-refractivity contribution in [2.45, 2.75) is 38.6 Å². The van der Waals surface area contributed by atoms with Gasteiger partial charge in [0.05, 0.1) is 13.2 Å². The Morgan fingerprint density at radius 2 is 1.63 bits per heavy atom. The molecule has 30 heavy (non-hydrogen) atoms. The third kappa shape index (κ3) is 7.37. The first-order valence-corrected chi connectivity index (χ1v) is 10.2. The van der Waals surface area contributed by atoms with Gasteiger partial charge < -0.3 is 19.6 Å². The van der Waals surface area contributed by atoms with Crippen molar-refractivity contribution in [1.82, 2.24) is 10.2 Å². The average Bonchev–Trinajstić information content (AvgIpc) is 3.20. The minimum atomic E-state index is -0.234. The van der Waals surface area contributed by atoms with Gasteiger partial charge in [-0.1, -0.05) is 24.3 Å². The Bertz CT molecular complexity index is 913. The van der Waals surface area contributed by atoms with Crippen LogP contribution in [0.5, 0.6) is 11.5 Å². The average molecular weight is 408 g/mol. The van der Waals surface area contributed by atoms with Gasteiger partial charge in [0.1, 0.15) is 11.5 Å². The Balaban J connectivity index is 1.42. The SMILES string of the molecule is CC(C)(N)CCOc1ccc(-c2nnc(C=CCCCOc3ccccc3)o2)cc1. The lowest BCUT2D eigenvalue weighted by Gasteiger charge is -2.18. The van der Waals surface area contributed by atoms with Crippen LogP contribution in [-0.4, -0.2) is 29.0 Å². The number of rotatable bonds is 11. The molecular weight excluding hydrogens is 378 g/mol. The van der Waals surface area contributed by atoms with Crippen LogP contribution < -0.4 is 15.2 Å². The number of hydrogen-bond donors (Lipinski definition) is 1. The van der Waals surface area contributed by atoms with E-state index < -0.39 is 0 Å². The summed E-state index contributed by atoms with van der Waals surface area (Å²) >= 11 is 0. The summed E-state index contributed by atoms with van der Waals surface area (Å²) in [5.41, 5.74) is 6.58. The predicted octanol–water partition coefficient (Wildman–Crippen LogP) is 5.12. The summed E-state index contributed by atoms with van der Waals surface area (Å²) in [7, 11) is 0. The molecule has 3 aromatic rings. The second kappa shape index (κ2) is 10.6.